The molecule has 6 heteroatoms. The number of benzene rings is 1. The zero-order valence-electron chi connectivity index (χ0n) is 12.9. The molecule has 2 heterocycles. The van der Waals surface area contributed by atoms with Crippen LogP contribution in [0.15, 0.2) is 24.3 Å². The topological polar surface area (TPSA) is 77.9 Å². The Bertz CT molecular complexity index is 608. The first-order valence-electron chi connectivity index (χ1n) is 8.01. The van der Waals surface area contributed by atoms with Crippen molar-refractivity contribution in [2.24, 2.45) is 0 Å². The van der Waals surface area contributed by atoms with E-state index in [1.165, 1.54) is 4.90 Å². The third-order valence-electron chi connectivity index (χ3n) is 4.60. The van der Waals surface area contributed by atoms with Gasteiger partial charge in [-0.25, -0.2) is 0 Å². The van der Waals surface area contributed by atoms with Crippen LogP contribution in [0, 0.1) is 0 Å². The first-order chi connectivity index (χ1) is 11.1. The van der Waals surface area contributed by atoms with Crippen LogP contribution in [0.25, 0.3) is 0 Å². The van der Waals surface area contributed by atoms with Crippen LogP contribution >= 0.6 is 0 Å². The van der Waals surface area contributed by atoms with E-state index in [0.29, 0.717) is 37.1 Å². The zero-order valence-corrected chi connectivity index (χ0v) is 12.9. The van der Waals surface area contributed by atoms with Crippen LogP contribution < -0.4 is 0 Å². The Morgan fingerprint density at radius 1 is 1.09 bits per heavy atom. The van der Waals surface area contributed by atoms with E-state index in [2.05, 4.69) is 0 Å². The van der Waals surface area contributed by atoms with Gasteiger partial charge in [-0.05, 0) is 50.9 Å². The average molecular weight is 316 g/mol. The van der Waals surface area contributed by atoms with Gasteiger partial charge in [-0.1, -0.05) is 12.1 Å². The van der Waals surface area contributed by atoms with Crippen molar-refractivity contribution in [3.8, 4) is 0 Å². The summed E-state index contributed by atoms with van der Waals surface area (Å²) in [6, 6.07) is 6.49. The number of amides is 2. The lowest BCUT2D eigenvalue weighted by Gasteiger charge is -2.21. The molecular formula is C17H20N2O4. The van der Waals surface area contributed by atoms with Crippen molar-refractivity contribution < 1.29 is 19.5 Å². The van der Waals surface area contributed by atoms with E-state index in [9.17, 15) is 14.4 Å². The number of fused-ring (bicyclic) bond motifs is 1. The van der Waals surface area contributed by atoms with Crippen LogP contribution in [0.2, 0.25) is 0 Å². The smallest absolute Gasteiger partial charge is 0.320 e. The normalized spacial score (nSPS) is 21.0. The molecule has 2 aliphatic rings. The van der Waals surface area contributed by atoms with Crippen LogP contribution in [-0.4, -0.2) is 58.4 Å². The van der Waals surface area contributed by atoms with E-state index in [1.807, 2.05) is 4.90 Å². The molecule has 0 spiro atoms. The fourth-order valence-electron chi connectivity index (χ4n) is 3.40. The predicted octanol–water partition coefficient (Wildman–Crippen LogP) is 1.61. The Morgan fingerprint density at radius 3 is 2.30 bits per heavy atom. The number of carbonyl (C=O) groups is 3. The standard InChI is InChI=1S/C17H20N2O4/c20-15-12-6-1-2-7-13(12)16(21)19(15)11-4-3-9-18-10-5-8-14(18)17(22)23/h1-2,6-7,14H,3-5,8-11H2,(H,22,23). The van der Waals surface area contributed by atoms with E-state index >= 15 is 0 Å². The maximum absolute atomic E-state index is 12.2. The molecule has 1 N–H and O–H groups in total. The number of hydrogen-bond acceptors (Lipinski definition) is 4. The fourth-order valence-corrected chi connectivity index (χ4v) is 3.40. The number of aliphatic carboxylic acids is 1. The summed E-state index contributed by atoms with van der Waals surface area (Å²) in [6.45, 7) is 1.89. The molecule has 6 nitrogen and oxygen atoms in total. The molecule has 2 aliphatic heterocycles. The second-order valence-corrected chi connectivity index (χ2v) is 6.05. The fraction of sp³-hybridized carbons (Fsp3) is 0.471. The molecule has 1 aromatic rings. The molecule has 1 aromatic carbocycles. The SMILES string of the molecule is O=C(O)C1CCCN1CCCCN1C(=O)c2ccccc2C1=O. The summed E-state index contributed by atoms with van der Waals surface area (Å²) in [4.78, 5) is 38.8. The van der Waals surface area contributed by atoms with Crippen LogP contribution in [0.4, 0.5) is 0 Å². The number of hydrogen-bond donors (Lipinski definition) is 1. The second-order valence-electron chi connectivity index (χ2n) is 6.05. The number of carboxylic acid groups (broad SMARTS) is 1. The summed E-state index contributed by atoms with van der Waals surface area (Å²) in [7, 11) is 0. The van der Waals surface area contributed by atoms with Crippen molar-refractivity contribution >= 4 is 17.8 Å². The molecule has 2 amide bonds. The van der Waals surface area contributed by atoms with Gasteiger partial charge >= 0.3 is 5.97 Å². The molecular weight excluding hydrogens is 296 g/mol. The van der Waals surface area contributed by atoms with Gasteiger partial charge in [0, 0.05) is 6.54 Å². The summed E-state index contributed by atoms with van der Waals surface area (Å²) in [5.74, 6) is -1.21. The van der Waals surface area contributed by atoms with Gasteiger partial charge in [-0.3, -0.25) is 24.2 Å². The molecule has 1 atom stereocenters. The van der Waals surface area contributed by atoms with E-state index in [1.54, 1.807) is 24.3 Å². The molecule has 1 unspecified atom stereocenters. The number of nitrogens with zero attached hydrogens (tertiary/aromatic N) is 2. The van der Waals surface area contributed by atoms with Gasteiger partial charge < -0.3 is 5.11 Å². The lowest BCUT2D eigenvalue weighted by atomic mass is 10.1. The summed E-state index contributed by atoms with van der Waals surface area (Å²) in [6.07, 6.45) is 3.08. The first kappa shape index (κ1) is 15.7. The monoisotopic (exact) mass is 316 g/mol. The summed E-state index contributed by atoms with van der Waals surface area (Å²) in [5.41, 5.74) is 0.950. The molecule has 0 aromatic heterocycles. The maximum Gasteiger partial charge on any atom is 0.320 e. The minimum Gasteiger partial charge on any atom is -0.480 e. The number of rotatable bonds is 6. The Kier molecular flexibility index (Phi) is 4.43. The van der Waals surface area contributed by atoms with Gasteiger partial charge in [-0.2, -0.15) is 0 Å². The number of likely N-dealkylation sites (tertiary alicyclic amines) is 1. The summed E-state index contributed by atoms with van der Waals surface area (Å²) in [5, 5.41) is 9.14. The predicted molar refractivity (Wildman–Crippen MR) is 83.3 cm³/mol. The highest BCUT2D eigenvalue weighted by atomic mass is 16.4. The van der Waals surface area contributed by atoms with E-state index < -0.39 is 5.97 Å². The second kappa shape index (κ2) is 6.50. The van der Waals surface area contributed by atoms with Crippen molar-refractivity contribution in [1.29, 1.82) is 0 Å². The van der Waals surface area contributed by atoms with Gasteiger partial charge in [0.05, 0.1) is 11.1 Å². The highest BCUT2D eigenvalue weighted by Gasteiger charge is 2.34. The third kappa shape index (κ3) is 2.99. The molecule has 23 heavy (non-hydrogen) atoms. The molecule has 0 aliphatic carbocycles. The Balaban J connectivity index is 1.50. The third-order valence-corrected chi connectivity index (χ3v) is 4.60. The van der Waals surface area contributed by atoms with Gasteiger partial charge in [0.1, 0.15) is 6.04 Å². The van der Waals surface area contributed by atoms with Gasteiger partial charge in [0.15, 0.2) is 0 Å². The van der Waals surface area contributed by atoms with Gasteiger partial charge in [-0.15, -0.1) is 0 Å². The highest BCUT2D eigenvalue weighted by Crippen LogP contribution is 2.23. The molecule has 0 saturated carbocycles. The number of carboxylic acids is 1. The van der Waals surface area contributed by atoms with Gasteiger partial charge in [0.25, 0.3) is 11.8 Å². The highest BCUT2D eigenvalue weighted by molar-refractivity contribution is 6.21. The van der Waals surface area contributed by atoms with Crippen LogP contribution in [0.1, 0.15) is 46.4 Å². The molecule has 0 radical (unpaired) electrons. The molecule has 1 saturated heterocycles. The van der Waals surface area contributed by atoms with Crippen LogP contribution in [0.3, 0.4) is 0 Å². The minimum atomic E-state index is -0.761. The number of imide groups is 1. The van der Waals surface area contributed by atoms with Crippen molar-refractivity contribution in [2.45, 2.75) is 31.7 Å². The lowest BCUT2D eigenvalue weighted by Crippen LogP contribution is -2.37. The lowest BCUT2D eigenvalue weighted by molar-refractivity contribution is -0.142. The molecule has 0 bridgehead atoms. The summed E-state index contributed by atoms with van der Waals surface area (Å²) < 4.78 is 0. The van der Waals surface area contributed by atoms with Gasteiger partial charge in [0.2, 0.25) is 0 Å². The Hall–Kier alpha value is -2.21. The summed E-state index contributed by atoms with van der Waals surface area (Å²) >= 11 is 0. The van der Waals surface area contributed by atoms with Crippen LogP contribution in [-0.2, 0) is 4.79 Å². The Morgan fingerprint density at radius 2 is 1.70 bits per heavy atom. The van der Waals surface area contributed by atoms with Crippen molar-refractivity contribution in [3.63, 3.8) is 0 Å². The van der Waals surface area contributed by atoms with E-state index in [-0.39, 0.29) is 17.9 Å². The van der Waals surface area contributed by atoms with Crippen molar-refractivity contribution in [2.75, 3.05) is 19.6 Å². The zero-order chi connectivity index (χ0) is 16.4. The van der Waals surface area contributed by atoms with E-state index in [0.717, 1.165) is 19.4 Å². The molecule has 3 rings (SSSR count). The first-order valence-corrected chi connectivity index (χ1v) is 8.01. The number of carbonyl (C=O) groups excluding carboxylic acids is 2. The van der Waals surface area contributed by atoms with Crippen molar-refractivity contribution in [3.05, 3.63) is 35.4 Å². The van der Waals surface area contributed by atoms with Crippen LogP contribution in [0.5, 0.6) is 0 Å². The average Bonchev–Trinajstić information content (AvgIpc) is 3.10. The van der Waals surface area contributed by atoms with E-state index in [4.69, 9.17) is 5.11 Å². The molecule has 122 valence electrons. The van der Waals surface area contributed by atoms with Crippen molar-refractivity contribution in [1.82, 2.24) is 9.80 Å². The largest absolute Gasteiger partial charge is 0.480 e. The number of unbranched alkanes of at least 4 members (excludes halogenated alkanes) is 1. The quantitative estimate of drug-likeness (QED) is 0.637. The molecule has 1 fully saturated rings. The maximum atomic E-state index is 12.2. The Labute approximate surface area is 134 Å². The minimum absolute atomic E-state index is 0.227.